The number of aryl methyl sites for hydroxylation is 2. The smallest absolute Gasteiger partial charge is 0.244 e. The van der Waals surface area contributed by atoms with Crippen LogP contribution in [0.2, 0.25) is 0 Å². The molecule has 0 spiro atoms. The molecule has 9 nitrogen and oxygen atoms in total. The zero-order valence-electron chi connectivity index (χ0n) is 14.6. The topological polar surface area (TPSA) is 123 Å². The van der Waals surface area contributed by atoms with Crippen LogP contribution in [0.4, 0.5) is 0 Å². The summed E-state index contributed by atoms with van der Waals surface area (Å²) in [4.78, 5) is 4.45. The largest absolute Gasteiger partial charge is 0.497 e. The Kier molecular flexibility index (Phi) is 5.05. The molecule has 0 saturated heterocycles. The second-order valence-electron chi connectivity index (χ2n) is 5.65. The molecule has 0 unspecified atom stereocenters. The number of rotatable bonds is 7. The van der Waals surface area contributed by atoms with E-state index >= 15 is 0 Å². The highest BCUT2D eigenvalue weighted by Gasteiger charge is 2.22. The molecule has 10 heteroatoms. The van der Waals surface area contributed by atoms with E-state index in [0.717, 1.165) is 5.56 Å². The first kappa shape index (κ1) is 18.1. The number of ether oxygens (including phenoxy) is 1. The lowest BCUT2D eigenvalue weighted by molar-refractivity contribution is 0.379. The third-order valence-corrected chi connectivity index (χ3v) is 5.48. The van der Waals surface area contributed by atoms with Crippen LogP contribution in [-0.2, 0) is 16.4 Å². The predicted octanol–water partition coefficient (Wildman–Crippen LogP) is 1.61. The molecule has 2 aromatic heterocycles. The molecule has 2 heterocycles. The van der Waals surface area contributed by atoms with Crippen LogP contribution in [0.5, 0.6) is 5.75 Å². The summed E-state index contributed by atoms with van der Waals surface area (Å²) < 4.78 is 37.6. The number of hydrogen-bond acceptors (Lipinski definition) is 7. The van der Waals surface area contributed by atoms with Gasteiger partial charge in [-0.05, 0) is 26.0 Å². The average Bonchev–Trinajstić information content (AvgIpc) is 3.21. The van der Waals surface area contributed by atoms with Gasteiger partial charge in [-0.3, -0.25) is 5.10 Å². The number of hydrogen-bond donors (Lipinski definition) is 2. The van der Waals surface area contributed by atoms with Crippen LogP contribution in [0, 0.1) is 13.8 Å². The molecule has 26 heavy (non-hydrogen) atoms. The Hall–Kier alpha value is -2.72. The van der Waals surface area contributed by atoms with Gasteiger partial charge in [0.15, 0.2) is 0 Å². The van der Waals surface area contributed by atoms with E-state index in [2.05, 4.69) is 25.1 Å². The molecule has 0 amide bonds. The van der Waals surface area contributed by atoms with E-state index in [1.165, 1.54) is 0 Å². The van der Waals surface area contributed by atoms with Crippen LogP contribution in [0.25, 0.3) is 11.4 Å². The lowest BCUT2D eigenvalue weighted by Gasteiger charge is -2.05. The summed E-state index contributed by atoms with van der Waals surface area (Å²) in [6.45, 7) is 3.43. The van der Waals surface area contributed by atoms with E-state index in [1.807, 2.05) is 18.2 Å². The maximum absolute atomic E-state index is 12.4. The molecule has 0 radical (unpaired) electrons. The van der Waals surface area contributed by atoms with Crippen molar-refractivity contribution in [1.29, 1.82) is 0 Å². The Labute approximate surface area is 150 Å². The van der Waals surface area contributed by atoms with Gasteiger partial charge in [-0.2, -0.15) is 10.1 Å². The number of benzene rings is 1. The Bertz CT molecular complexity index is 990. The minimum Gasteiger partial charge on any atom is -0.497 e. The van der Waals surface area contributed by atoms with Crippen LogP contribution in [-0.4, -0.2) is 42.4 Å². The van der Waals surface area contributed by atoms with Crippen molar-refractivity contribution in [3.8, 4) is 17.1 Å². The van der Waals surface area contributed by atoms with Crippen LogP contribution in [0.3, 0.4) is 0 Å². The highest BCUT2D eigenvalue weighted by atomic mass is 32.2. The van der Waals surface area contributed by atoms with Gasteiger partial charge >= 0.3 is 0 Å². The van der Waals surface area contributed by atoms with Gasteiger partial charge in [0.2, 0.25) is 21.7 Å². The fourth-order valence-corrected chi connectivity index (χ4v) is 3.94. The fourth-order valence-electron chi connectivity index (χ4n) is 2.54. The van der Waals surface area contributed by atoms with Gasteiger partial charge in [0.25, 0.3) is 0 Å². The summed E-state index contributed by atoms with van der Waals surface area (Å²) in [7, 11) is -2.07. The maximum Gasteiger partial charge on any atom is 0.244 e. The Morgan fingerprint density at radius 3 is 2.81 bits per heavy atom. The highest BCUT2D eigenvalue weighted by Crippen LogP contribution is 2.21. The van der Waals surface area contributed by atoms with Crippen LogP contribution < -0.4 is 9.46 Å². The van der Waals surface area contributed by atoms with E-state index < -0.39 is 10.0 Å². The molecule has 1 aromatic carbocycles. The minimum absolute atomic E-state index is 0.131. The Balaban J connectivity index is 1.65. The van der Waals surface area contributed by atoms with E-state index in [1.54, 1.807) is 27.0 Å². The zero-order valence-corrected chi connectivity index (χ0v) is 15.4. The Morgan fingerprint density at radius 1 is 1.31 bits per heavy atom. The van der Waals surface area contributed by atoms with Gasteiger partial charge in [0.05, 0.1) is 18.5 Å². The van der Waals surface area contributed by atoms with Crippen LogP contribution in [0.15, 0.2) is 33.7 Å². The van der Waals surface area contributed by atoms with Crippen LogP contribution >= 0.6 is 0 Å². The summed E-state index contributed by atoms with van der Waals surface area (Å²) in [5, 5.41) is 10.5. The van der Waals surface area contributed by atoms with Crippen molar-refractivity contribution >= 4 is 10.0 Å². The Morgan fingerprint density at radius 2 is 2.12 bits per heavy atom. The first-order chi connectivity index (χ1) is 12.4. The van der Waals surface area contributed by atoms with Crippen molar-refractivity contribution in [2.24, 2.45) is 0 Å². The number of sulfonamides is 1. The second kappa shape index (κ2) is 7.26. The van der Waals surface area contributed by atoms with Crippen molar-refractivity contribution in [3.63, 3.8) is 0 Å². The number of aromatic amines is 1. The normalized spacial score (nSPS) is 11.7. The lowest BCUT2D eigenvalue weighted by Crippen LogP contribution is -2.27. The molecule has 0 atom stereocenters. The van der Waals surface area contributed by atoms with E-state index in [0.29, 0.717) is 28.9 Å². The molecule has 2 N–H and O–H groups in total. The molecular formula is C16H19N5O4S. The van der Waals surface area contributed by atoms with Crippen LogP contribution in [0.1, 0.15) is 17.3 Å². The van der Waals surface area contributed by atoms with Crippen molar-refractivity contribution in [1.82, 2.24) is 25.1 Å². The van der Waals surface area contributed by atoms with Crippen molar-refractivity contribution in [3.05, 3.63) is 41.5 Å². The van der Waals surface area contributed by atoms with Crippen molar-refractivity contribution in [2.45, 2.75) is 25.2 Å². The van der Waals surface area contributed by atoms with Gasteiger partial charge in [-0.1, -0.05) is 17.3 Å². The molecular weight excluding hydrogens is 358 g/mol. The van der Waals surface area contributed by atoms with Gasteiger partial charge < -0.3 is 9.26 Å². The molecule has 0 saturated carbocycles. The molecule has 0 aliphatic heterocycles. The number of methoxy groups -OCH3 is 1. The van der Waals surface area contributed by atoms with E-state index in [-0.39, 0.29) is 17.9 Å². The summed E-state index contributed by atoms with van der Waals surface area (Å²) in [6.07, 6.45) is 0.270. The SMILES string of the molecule is COc1cccc(-c2noc(CCNS(=O)(=O)c3c(C)n[nH]c3C)n2)c1. The molecule has 0 aliphatic carbocycles. The molecule has 3 rings (SSSR count). The monoisotopic (exact) mass is 377 g/mol. The van der Waals surface area contributed by atoms with E-state index in [4.69, 9.17) is 9.26 Å². The summed E-state index contributed by atoms with van der Waals surface area (Å²) in [5.74, 6) is 1.45. The molecule has 138 valence electrons. The fraction of sp³-hybridized carbons (Fsp3) is 0.312. The number of H-pyrrole nitrogens is 1. The standard InChI is InChI=1S/C16H19N5O4S/c1-10-15(11(2)20-19-10)26(22,23)17-8-7-14-18-16(21-25-14)12-5-4-6-13(9-12)24-3/h4-6,9,17H,7-8H2,1-3H3,(H,19,20). The molecule has 0 fully saturated rings. The van der Waals surface area contributed by atoms with Gasteiger partial charge in [-0.15, -0.1) is 0 Å². The maximum atomic E-state index is 12.4. The third kappa shape index (κ3) is 3.75. The van der Waals surface area contributed by atoms with Gasteiger partial charge in [0, 0.05) is 18.5 Å². The lowest BCUT2D eigenvalue weighted by atomic mass is 10.2. The average molecular weight is 377 g/mol. The summed E-state index contributed by atoms with van der Waals surface area (Å²) >= 11 is 0. The molecule has 0 aliphatic rings. The summed E-state index contributed by atoms with van der Waals surface area (Å²) in [5.41, 5.74) is 1.67. The zero-order chi connectivity index (χ0) is 18.7. The molecule has 3 aromatic rings. The first-order valence-corrected chi connectivity index (χ1v) is 9.37. The number of nitrogens with one attached hydrogen (secondary N) is 2. The van der Waals surface area contributed by atoms with Crippen molar-refractivity contribution in [2.75, 3.05) is 13.7 Å². The van der Waals surface area contributed by atoms with E-state index in [9.17, 15) is 8.42 Å². The quantitative estimate of drug-likeness (QED) is 0.641. The number of aromatic nitrogens is 4. The highest BCUT2D eigenvalue weighted by molar-refractivity contribution is 7.89. The molecule has 0 bridgehead atoms. The first-order valence-electron chi connectivity index (χ1n) is 7.89. The van der Waals surface area contributed by atoms with Gasteiger partial charge in [-0.25, -0.2) is 13.1 Å². The van der Waals surface area contributed by atoms with Gasteiger partial charge in [0.1, 0.15) is 10.6 Å². The minimum atomic E-state index is -3.65. The third-order valence-electron chi connectivity index (χ3n) is 3.76. The summed E-state index contributed by atoms with van der Waals surface area (Å²) in [6, 6.07) is 7.28. The predicted molar refractivity (Wildman–Crippen MR) is 93.2 cm³/mol. The van der Waals surface area contributed by atoms with Crippen molar-refractivity contribution < 1.29 is 17.7 Å². The number of nitrogens with zero attached hydrogens (tertiary/aromatic N) is 3. The second-order valence-corrected chi connectivity index (χ2v) is 7.36.